The van der Waals surface area contributed by atoms with Crippen molar-refractivity contribution in [3.8, 4) is 6.07 Å². The van der Waals surface area contributed by atoms with Crippen molar-refractivity contribution < 1.29 is 0 Å². The molecular weight excluding hydrogens is 326 g/mol. The number of nitrogens with zero attached hydrogens (tertiary/aromatic N) is 2. The van der Waals surface area contributed by atoms with Gasteiger partial charge in [0, 0.05) is 23.2 Å². The van der Waals surface area contributed by atoms with E-state index in [0.29, 0.717) is 12.1 Å². The van der Waals surface area contributed by atoms with Crippen molar-refractivity contribution in [2.24, 2.45) is 0 Å². The second-order valence-electron chi connectivity index (χ2n) is 4.87. The van der Waals surface area contributed by atoms with Gasteiger partial charge in [-0.2, -0.15) is 5.26 Å². The fourth-order valence-electron chi connectivity index (χ4n) is 2.33. The average molecular weight is 344 g/mol. The normalized spacial score (nSPS) is 10.1. The van der Waals surface area contributed by atoms with Gasteiger partial charge in [0.2, 0.25) is 0 Å². The first-order valence-corrected chi connectivity index (χ1v) is 7.73. The van der Waals surface area contributed by atoms with Crippen LogP contribution in [0.25, 0.3) is 0 Å². The zero-order valence-corrected chi connectivity index (χ0v) is 13.6. The van der Waals surface area contributed by atoms with Crippen LogP contribution in [-0.2, 0) is 6.54 Å². The van der Waals surface area contributed by atoms with Gasteiger partial charge in [-0.25, -0.2) is 0 Å². The fraction of sp³-hybridized carbons (Fsp3) is 0.235. The summed E-state index contributed by atoms with van der Waals surface area (Å²) in [5, 5.41) is 9.41. The number of nitrogens with two attached hydrogens (primary N) is 1. The van der Waals surface area contributed by atoms with Crippen LogP contribution in [0.2, 0.25) is 0 Å². The van der Waals surface area contributed by atoms with Gasteiger partial charge in [-0.1, -0.05) is 31.2 Å². The molecule has 0 unspecified atom stereocenters. The van der Waals surface area contributed by atoms with E-state index in [0.717, 1.165) is 34.4 Å². The van der Waals surface area contributed by atoms with Gasteiger partial charge in [0.05, 0.1) is 11.3 Å². The monoisotopic (exact) mass is 343 g/mol. The van der Waals surface area contributed by atoms with Crippen LogP contribution in [0.1, 0.15) is 24.5 Å². The number of para-hydroxylation sites is 1. The number of nitriles is 1. The summed E-state index contributed by atoms with van der Waals surface area (Å²) >= 11 is 3.45. The smallest absolute Gasteiger partial charge is 0.103 e. The molecule has 2 rings (SSSR count). The van der Waals surface area contributed by atoms with E-state index in [1.807, 2.05) is 42.5 Å². The van der Waals surface area contributed by atoms with Gasteiger partial charge in [-0.05, 0) is 46.1 Å². The molecule has 0 aromatic heterocycles. The van der Waals surface area contributed by atoms with Crippen LogP contribution in [0.4, 0.5) is 11.4 Å². The molecule has 0 saturated carbocycles. The van der Waals surface area contributed by atoms with Gasteiger partial charge in [-0.15, -0.1) is 0 Å². The number of anilines is 2. The van der Waals surface area contributed by atoms with Gasteiger partial charge >= 0.3 is 0 Å². The van der Waals surface area contributed by atoms with Crippen LogP contribution < -0.4 is 10.6 Å². The topological polar surface area (TPSA) is 53.0 Å². The molecule has 21 heavy (non-hydrogen) atoms. The largest absolute Gasteiger partial charge is 0.398 e. The van der Waals surface area contributed by atoms with Gasteiger partial charge in [0.15, 0.2) is 0 Å². The predicted octanol–water partition coefficient (Wildman–Crippen LogP) is 4.32. The molecule has 2 N–H and O–H groups in total. The summed E-state index contributed by atoms with van der Waals surface area (Å²) < 4.78 is 0.824. The molecular formula is C17H18BrN3. The van der Waals surface area contributed by atoms with Crippen molar-refractivity contribution in [1.82, 2.24) is 0 Å². The van der Waals surface area contributed by atoms with Crippen LogP contribution >= 0.6 is 15.9 Å². The second kappa shape index (κ2) is 7.14. The highest BCUT2D eigenvalue weighted by molar-refractivity contribution is 9.10. The highest BCUT2D eigenvalue weighted by Gasteiger charge is 2.14. The molecule has 2 aromatic rings. The molecule has 0 bridgehead atoms. The number of hydrogen-bond donors (Lipinski definition) is 1. The quantitative estimate of drug-likeness (QED) is 0.822. The van der Waals surface area contributed by atoms with Crippen molar-refractivity contribution in [2.45, 2.75) is 19.9 Å². The Hall–Kier alpha value is -1.99. The third-order valence-electron chi connectivity index (χ3n) is 3.35. The number of benzene rings is 2. The molecule has 0 amide bonds. The zero-order valence-electron chi connectivity index (χ0n) is 12.0. The molecule has 2 aromatic carbocycles. The van der Waals surface area contributed by atoms with E-state index in [4.69, 9.17) is 5.73 Å². The Kier molecular flexibility index (Phi) is 5.24. The molecule has 3 nitrogen and oxygen atoms in total. The third kappa shape index (κ3) is 3.56. The van der Waals surface area contributed by atoms with Crippen molar-refractivity contribution in [1.29, 1.82) is 5.26 Å². The Bertz CT molecular complexity index is 661. The van der Waals surface area contributed by atoms with Crippen LogP contribution in [0.5, 0.6) is 0 Å². The summed E-state index contributed by atoms with van der Waals surface area (Å²) in [5.74, 6) is 0. The lowest BCUT2D eigenvalue weighted by Gasteiger charge is -2.26. The predicted molar refractivity (Wildman–Crippen MR) is 91.1 cm³/mol. The van der Waals surface area contributed by atoms with E-state index in [-0.39, 0.29) is 0 Å². The van der Waals surface area contributed by atoms with Gasteiger partial charge < -0.3 is 10.6 Å². The standard InChI is InChI=1S/C17H18BrN3/c1-2-10-21(12-13-6-3-4-8-16(13)20)17-9-5-7-15(18)14(17)11-19/h3-9H,2,10,12,20H2,1H3. The fourth-order valence-corrected chi connectivity index (χ4v) is 2.77. The minimum atomic E-state index is 0.667. The Balaban J connectivity index is 2.39. The van der Waals surface area contributed by atoms with Gasteiger partial charge in [0.25, 0.3) is 0 Å². The molecule has 0 spiro atoms. The summed E-state index contributed by atoms with van der Waals surface area (Å²) in [4.78, 5) is 2.20. The minimum Gasteiger partial charge on any atom is -0.398 e. The van der Waals surface area contributed by atoms with E-state index in [1.165, 1.54) is 0 Å². The summed E-state index contributed by atoms with van der Waals surface area (Å²) in [7, 11) is 0. The number of rotatable bonds is 5. The highest BCUT2D eigenvalue weighted by atomic mass is 79.9. The Morgan fingerprint density at radius 2 is 1.95 bits per heavy atom. The molecule has 0 aliphatic carbocycles. The van der Waals surface area contributed by atoms with E-state index >= 15 is 0 Å². The number of halogens is 1. The maximum absolute atomic E-state index is 9.41. The molecule has 0 heterocycles. The van der Waals surface area contributed by atoms with E-state index in [2.05, 4.69) is 33.8 Å². The molecule has 0 atom stereocenters. The van der Waals surface area contributed by atoms with E-state index in [9.17, 15) is 5.26 Å². The van der Waals surface area contributed by atoms with Gasteiger partial charge in [0.1, 0.15) is 6.07 Å². The van der Waals surface area contributed by atoms with E-state index < -0.39 is 0 Å². The lowest BCUT2D eigenvalue weighted by Crippen LogP contribution is -2.25. The lowest BCUT2D eigenvalue weighted by atomic mass is 10.1. The average Bonchev–Trinajstić information content (AvgIpc) is 2.48. The first-order chi connectivity index (χ1) is 10.2. The first-order valence-electron chi connectivity index (χ1n) is 6.94. The minimum absolute atomic E-state index is 0.667. The Morgan fingerprint density at radius 1 is 1.19 bits per heavy atom. The third-order valence-corrected chi connectivity index (χ3v) is 4.01. The number of nitrogen functional groups attached to an aromatic ring is 1. The SMILES string of the molecule is CCCN(Cc1ccccc1N)c1cccc(Br)c1C#N. The lowest BCUT2D eigenvalue weighted by molar-refractivity contribution is 0.767. The maximum Gasteiger partial charge on any atom is 0.103 e. The Morgan fingerprint density at radius 3 is 2.62 bits per heavy atom. The summed E-state index contributed by atoms with van der Waals surface area (Å²) in [6.45, 7) is 3.70. The molecule has 108 valence electrons. The summed E-state index contributed by atoms with van der Waals surface area (Å²) in [6, 6.07) is 16.0. The van der Waals surface area contributed by atoms with Crippen LogP contribution in [0, 0.1) is 11.3 Å². The second-order valence-corrected chi connectivity index (χ2v) is 5.72. The van der Waals surface area contributed by atoms with Crippen molar-refractivity contribution in [3.63, 3.8) is 0 Å². The van der Waals surface area contributed by atoms with E-state index in [1.54, 1.807) is 0 Å². The summed E-state index contributed by atoms with van der Waals surface area (Å²) in [6.07, 6.45) is 1.00. The summed E-state index contributed by atoms with van der Waals surface area (Å²) in [5.41, 5.74) is 9.51. The first kappa shape index (κ1) is 15.4. The van der Waals surface area contributed by atoms with Crippen LogP contribution in [0.15, 0.2) is 46.9 Å². The Labute approximate surface area is 134 Å². The molecule has 0 aliphatic rings. The molecule has 0 saturated heterocycles. The zero-order chi connectivity index (χ0) is 15.2. The molecule has 4 heteroatoms. The number of hydrogen-bond acceptors (Lipinski definition) is 3. The van der Waals surface area contributed by atoms with Crippen molar-refractivity contribution >= 4 is 27.3 Å². The molecule has 0 aliphatic heterocycles. The highest BCUT2D eigenvalue weighted by Crippen LogP contribution is 2.29. The molecule has 0 fully saturated rings. The maximum atomic E-state index is 9.41. The van der Waals surface area contributed by atoms with Crippen molar-refractivity contribution in [2.75, 3.05) is 17.2 Å². The van der Waals surface area contributed by atoms with Crippen LogP contribution in [0.3, 0.4) is 0 Å². The van der Waals surface area contributed by atoms with Crippen molar-refractivity contribution in [3.05, 3.63) is 58.1 Å². The van der Waals surface area contributed by atoms with Crippen LogP contribution in [-0.4, -0.2) is 6.54 Å². The van der Waals surface area contributed by atoms with Gasteiger partial charge in [-0.3, -0.25) is 0 Å². The molecule has 0 radical (unpaired) electrons.